The lowest BCUT2D eigenvalue weighted by molar-refractivity contribution is -0.141. The first-order chi connectivity index (χ1) is 13.7. The lowest BCUT2D eigenvalue weighted by Crippen LogP contribution is -2.39. The van der Waals surface area contributed by atoms with E-state index in [1.54, 1.807) is 24.3 Å². The van der Waals surface area contributed by atoms with Gasteiger partial charge in [-0.3, -0.25) is 4.79 Å². The first-order valence-electron chi connectivity index (χ1n) is 9.16. The molecule has 0 fully saturated rings. The molecular formula is C21H26N2O5S. The van der Waals surface area contributed by atoms with Gasteiger partial charge in [0.15, 0.2) is 9.84 Å². The van der Waals surface area contributed by atoms with Gasteiger partial charge in [-0.25, -0.2) is 13.2 Å². The molecule has 156 valence electrons. The fraction of sp³-hybridized carbons (Fsp3) is 0.333. The van der Waals surface area contributed by atoms with E-state index in [2.05, 4.69) is 10.6 Å². The zero-order valence-electron chi connectivity index (χ0n) is 16.8. The van der Waals surface area contributed by atoms with Gasteiger partial charge in [0.25, 0.3) is 0 Å². The number of sulfone groups is 1. The van der Waals surface area contributed by atoms with Crippen LogP contribution < -0.4 is 10.6 Å². The molecule has 1 atom stereocenters. The highest BCUT2D eigenvalue weighted by Gasteiger charge is 2.20. The van der Waals surface area contributed by atoms with E-state index in [0.717, 1.165) is 22.9 Å². The highest BCUT2D eigenvalue weighted by molar-refractivity contribution is 7.90. The van der Waals surface area contributed by atoms with Crippen molar-refractivity contribution in [3.05, 3.63) is 65.2 Å². The first-order valence-corrected chi connectivity index (χ1v) is 11.1. The number of carbonyl (C=O) groups excluding carboxylic acids is 2. The van der Waals surface area contributed by atoms with Gasteiger partial charge in [0.05, 0.1) is 24.5 Å². The Balaban J connectivity index is 1.94. The van der Waals surface area contributed by atoms with Crippen LogP contribution in [0.3, 0.4) is 0 Å². The number of methoxy groups -OCH3 is 1. The number of benzene rings is 2. The van der Waals surface area contributed by atoms with Gasteiger partial charge >= 0.3 is 12.0 Å². The largest absolute Gasteiger partial charge is 0.469 e. The van der Waals surface area contributed by atoms with Gasteiger partial charge in [-0.1, -0.05) is 36.4 Å². The van der Waals surface area contributed by atoms with Gasteiger partial charge in [-0.05, 0) is 42.2 Å². The van der Waals surface area contributed by atoms with Crippen LogP contribution in [0.15, 0.2) is 53.4 Å². The molecule has 2 aromatic rings. The van der Waals surface area contributed by atoms with Crippen molar-refractivity contribution in [3.63, 3.8) is 0 Å². The van der Waals surface area contributed by atoms with Gasteiger partial charge in [0.1, 0.15) is 0 Å². The zero-order chi connectivity index (χ0) is 21.4. The fourth-order valence-electron chi connectivity index (χ4n) is 2.90. The highest BCUT2D eigenvalue weighted by Crippen LogP contribution is 2.21. The van der Waals surface area contributed by atoms with Crippen LogP contribution in [0.25, 0.3) is 0 Å². The molecule has 0 radical (unpaired) electrons. The van der Waals surface area contributed by atoms with Crippen molar-refractivity contribution in [2.45, 2.75) is 30.7 Å². The molecule has 0 spiro atoms. The van der Waals surface area contributed by atoms with E-state index < -0.39 is 27.9 Å². The maximum Gasteiger partial charge on any atom is 0.315 e. The number of amides is 2. The number of hydrogen-bond acceptors (Lipinski definition) is 5. The molecule has 2 amide bonds. The number of esters is 1. The second-order valence-electron chi connectivity index (χ2n) is 6.76. The predicted molar refractivity (Wildman–Crippen MR) is 110 cm³/mol. The Hall–Kier alpha value is -2.87. The van der Waals surface area contributed by atoms with Crippen LogP contribution in [0, 0.1) is 6.92 Å². The molecule has 0 aromatic heterocycles. The number of carbonyl (C=O) groups is 2. The summed E-state index contributed by atoms with van der Waals surface area (Å²) >= 11 is 0. The average Bonchev–Trinajstić information content (AvgIpc) is 2.67. The van der Waals surface area contributed by atoms with Gasteiger partial charge in [0, 0.05) is 12.8 Å². The van der Waals surface area contributed by atoms with Crippen LogP contribution in [0.5, 0.6) is 0 Å². The van der Waals surface area contributed by atoms with Gasteiger partial charge in [-0.2, -0.15) is 0 Å². The molecule has 8 heteroatoms. The van der Waals surface area contributed by atoms with Crippen molar-refractivity contribution in [2.75, 3.05) is 19.9 Å². The van der Waals surface area contributed by atoms with Crippen molar-refractivity contribution in [3.8, 4) is 0 Å². The lowest BCUT2D eigenvalue weighted by Gasteiger charge is -2.20. The monoisotopic (exact) mass is 418 g/mol. The third kappa shape index (κ3) is 6.90. The van der Waals surface area contributed by atoms with Crippen molar-refractivity contribution in [1.29, 1.82) is 0 Å². The van der Waals surface area contributed by atoms with Crippen molar-refractivity contribution in [2.24, 2.45) is 0 Å². The number of rotatable bonds is 8. The summed E-state index contributed by atoms with van der Waals surface area (Å²) in [5, 5.41) is 5.59. The highest BCUT2D eigenvalue weighted by atomic mass is 32.2. The van der Waals surface area contributed by atoms with Crippen molar-refractivity contribution < 1.29 is 22.7 Å². The van der Waals surface area contributed by atoms with Crippen LogP contribution >= 0.6 is 0 Å². The van der Waals surface area contributed by atoms with E-state index in [-0.39, 0.29) is 11.3 Å². The lowest BCUT2D eigenvalue weighted by atomic mass is 9.99. The molecule has 0 aliphatic heterocycles. The molecule has 2 aromatic carbocycles. The van der Waals surface area contributed by atoms with Gasteiger partial charge in [0.2, 0.25) is 0 Å². The Morgan fingerprint density at radius 2 is 1.72 bits per heavy atom. The molecular weight excluding hydrogens is 392 g/mol. The molecule has 0 aliphatic carbocycles. The number of aryl methyl sites for hydroxylation is 1. The molecule has 2 N–H and O–H groups in total. The molecule has 1 unspecified atom stereocenters. The Morgan fingerprint density at radius 3 is 2.31 bits per heavy atom. The quantitative estimate of drug-likeness (QED) is 0.642. The maximum absolute atomic E-state index is 12.3. The minimum absolute atomic E-state index is 0.0295. The Kier molecular flexibility index (Phi) is 7.78. The normalized spacial score (nSPS) is 12.1. The zero-order valence-corrected chi connectivity index (χ0v) is 17.6. The van der Waals surface area contributed by atoms with Crippen LogP contribution in [-0.4, -0.2) is 40.3 Å². The molecule has 0 bridgehead atoms. The summed E-state index contributed by atoms with van der Waals surface area (Å²) < 4.78 is 27.7. The average molecular weight is 419 g/mol. The molecule has 0 saturated heterocycles. The Bertz CT molecular complexity index is 955. The first kappa shape index (κ1) is 22.4. The topological polar surface area (TPSA) is 102 Å². The summed E-state index contributed by atoms with van der Waals surface area (Å²) in [6, 6.07) is 13.2. The van der Waals surface area contributed by atoms with Crippen molar-refractivity contribution in [1.82, 2.24) is 10.6 Å². The number of hydrogen-bond donors (Lipinski definition) is 2. The van der Waals surface area contributed by atoms with Gasteiger partial charge < -0.3 is 15.4 Å². The van der Waals surface area contributed by atoms with Gasteiger partial charge in [-0.15, -0.1) is 0 Å². The molecule has 2 rings (SSSR count). The van der Waals surface area contributed by atoms with Crippen molar-refractivity contribution >= 4 is 21.8 Å². The molecule has 0 saturated carbocycles. The van der Waals surface area contributed by atoms with Crippen LogP contribution in [0.1, 0.15) is 29.2 Å². The minimum atomic E-state index is -3.23. The molecule has 29 heavy (non-hydrogen) atoms. The van der Waals surface area contributed by atoms with E-state index in [0.29, 0.717) is 13.0 Å². The van der Waals surface area contributed by atoms with E-state index in [1.807, 2.05) is 31.2 Å². The predicted octanol–water partition coefficient (Wildman–Crippen LogP) is 2.54. The summed E-state index contributed by atoms with van der Waals surface area (Å²) in [7, 11) is -1.91. The van der Waals surface area contributed by atoms with Crippen LogP contribution in [-0.2, 0) is 25.8 Å². The third-order valence-corrected chi connectivity index (χ3v) is 5.65. The van der Waals surface area contributed by atoms with E-state index in [1.165, 1.54) is 7.11 Å². The van der Waals surface area contributed by atoms with Crippen LogP contribution in [0.4, 0.5) is 4.79 Å². The summed E-state index contributed by atoms with van der Waals surface area (Å²) in [6.07, 6.45) is 1.73. The number of nitrogens with one attached hydrogen (secondary N) is 2. The standard InChI is InChI=1S/C21H26N2O5S/c1-15-6-4-5-7-18(15)19(14-20(24)28-2)23-21(25)22-13-12-16-8-10-17(11-9-16)29(3,26)27/h4-11,19H,12-14H2,1-3H3,(H2,22,23,25). The second kappa shape index (κ2) is 10.1. The SMILES string of the molecule is COC(=O)CC(NC(=O)NCCc1ccc(S(C)(=O)=O)cc1)c1ccccc1C. The second-order valence-corrected chi connectivity index (χ2v) is 8.77. The van der Waals surface area contributed by atoms with E-state index in [4.69, 9.17) is 4.74 Å². The third-order valence-electron chi connectivity index (χ3n) is 4.52. The molecule has 0 aliphatic rings. The van der Waals surface area contributed by atoms with E-state index in [9.17, 15) is 18.0 Å². The Morgan fingerprint density at radius 1 is 1.07 bits per heavy atom. The maximum atomic E-state index is 12.3. The van der Waals surface area contributed by atoms with E-state index >= 15 is 0 Å². The van der Waals surface area contributed by atoms with Crippen LogP contribution in [0.2, 0.25) is 0 Å². The summed E-state index contributed by atoms with van der Waals surface area (Å²) in [5.74, 6) is -0.412. The summed E-state index contributed by atoms with van der Waals surface area (Å²) in [6.45, 7) is 2.28. The molecule has 7 nitrogen and oxygen atoms in total. The molecule has 0 heterocycles. The number of ether oxygens (including phenoxy) is 1. The smallest absolute Gasteiger partial charge is 0.315 e. The Labute approximate surface area is 171 Å². The summed E-state index contributed by atoms with van der Waals surface area (Å²) in [4.78, 5) is 24.3. The summed E-state index contributed by atoms with van der Waals surface area (Å²) in [5.41, 5.74) is 2.72. The number of urea groups is 1. The fourth-order valence-corrected chi connectivity index (χ4v) is 3.53. The minimum Gasteiger partial charge on any atom is -0.469 e.